The molecule has 3 heterocycles. The quantitative estimate of drug-likeness (QED) is 0.218. The SMILES string of the molecule is CC(=O)O[C@H]1[C@@H](C)[C@H]2[C@H]([C@@H]3[C@@H](OC(=O)c4ccc5c(c4)C(=O)c4ccccc4C5=O)[C@@H]4[C@H]([C@H](C)[C@H]5O[C@]56OC(=O)[C@@](C)(O)[C@]46C)[C@]31C)[C@@H](O)C(=O)[C@H]1C[C@@H]3O[C@@H]3[C@H](OC(C)=O)[C@]21C. The molecule has 3 aliphatic heterocycles. The molecule has 0 bridgehead atoms. The molecule has 11 rings (SSSR count). The fraction of sp³-hybridized carbons (Fsp3) is 0.604. The van der Waals surface area contributed by atoms with E-state index in [1.54, 1.807) is 31.2 Å². The molecule has 9 aliphatic rings. The molecule has 8 fully saturated rings. The molecule has 0 aromatic heterocycles. The second-order valence-electron chi connectivity index (χ2n) is 20.7. The van der Waals surface area contributed by atoms with Gasteiger partial charge in [0.05, 0.1) is 17.1 Å². The molecule has 6 aliphatic carbocycles. The molecule has 63 heavy (non-hydrogen) atoms. The van der Waals surface area contributed by atoms with E-state index in [2.05, 4.69) is 0 Å². The van der Waals surface area contributed by atoms with E-state index in [0.717, 1.165) is 0 Å². The third kappa shape index (κ3) is 4.66. The summed E-state index contributed by atoms with van der Waals surface area (Å²) in [6.45, 7) is 13.2. The highest BCUT2D eigenvalue weighted by atomic mass is 16.8. The van der Waals surface area contributed by atoms with Gasteiger partial charge in [0, 0.05) is 70.6 Å². The minimum absolute atomic E-state index is 0.00888. The van der Waals surface area contributed by atoms with Gasteiger partial charge in [-0.25, -0.2) is 9.59 Å². The predicted octanol–water partition coefficient (Wildman–Crippen LogP) is 3.40. The summed E-state index contributed by atoms with van der Waals surface area (Å²) >= 11 is 0. The van der Waals surface area contributed by atoms with E-state index in [-0.39, 0.29) is 46.1 Å². The molecule has 0 amide bonds. The Kier molecular flexibility index (Phi) is 8.11. The zero-order valence-corrected chi connectivity index (χ0v) is 36.1. The van der Waals surface area contributed by atoms with Gasteiger partial charge in [0.2, 0.25) is 5.79 Å². The Morgan fingerprint density at radius 2 is 1.37 bits per heavy atom. The Morgan fingerprint density at radius 3 is 2.02 bits per heavy atom. The summed E-state index contributed by atoms with van der Waals surface area (Å²) in [6, 6.07) is 10.5. The van der Waals surface area contributed by atoms with Crippen LogP contribution in [0, 0.1) is 63.6 Å². The molecule has 0 unspecified atom stereocenters. The summed E-state index contributed by atoms with van der Waals surface area (Å²) in [5.41, 5.74) is -5.77. The van der Waals surface area contributed by atoms with E-state index in [4.69, 9.17) is 28.4 Å². The Hall–Kier alpha value is -4.83. The zero-order chi connectivity index (χ0) is 45.0. The number of aliphatic hydroxyl groups excluding tert-OH is 1. The monoisotopic (exact) mass is 866 g/mol. The largest absolute Gasteiger partial charge is 0.462 e. The van der Waals surface area contributed by atoms with Gasteiger partial charge in [-0.05, 0) is 62.1 Å². The molecule has 332 valence electrons. The highest BCUT2D eigenvalue weighted by Crippen LogP contribution is 2.81. The van der Waals surface area contributed by atoms with Crippen molar-refractivity contribution in [1.29, 1.82) is 0 Å². The van der Waals surface area contributed by atoms with E-state index in [1.165, 1.54) is 39.0 Å². The summed E-state index contributed by atoms with van der Waals surface area (Å²) in [5, 5.41) is 25.1. The van der Waals surface area contributed by atoms with E-state index in [9.17, 15) is 39.0 Å². The molecule has 3 saturated heterocycles. The fourth-order valence-corrected chi connectivity index (χ4v) is 15.7. The number of rotatable bonds is 4. The number of ether oxygens (including phenoxy) is 6. The molecule has 2 aromatic rings. The first-order valence-electron chi connectivity index (χ1n) is 22.0. The van der Waals surface area contributed by atoms with Crippen molar-refractivity contribution in [2.24, 2.45) is 63.6 Å². The summed E-state index contributed by atoms with van der Waals surface area (Å²) < 4.78 is 37.8. The maximum atomic E-state index is 15.0. The van der Waals surface area contributed by atoms with E-state index >= 15 is 4.79 Å². The van der Waals surface area contributed by atoms with Gasteiger partial charge < -0.3 is 38.6 Å². The van der Waals surface area contributed by atoms with Crippen LogP contribution < -0.4 is 0 Å². The van der Waals surface area contributed by atoms with E-state index < -0.39 is 147 Å². The van der Waals surface area contributed by atoms with Crippen LogP contribution in [0.2, 0.25) is 0 Å². The number of hydrogen-bond donors (Lipinski definition) is 2. The van der Waals surface area contributed by atoms with Crippen molar-refractivity contribution in [2.45, 2.75) is 116 Å². The van der Waals surface area contributed by atoms with Gasteiger partial charge in [-0.1, -0.05) is 52.0 Å². The summed E-state index contributed by atoms with van der Waals surface area (Å²) in [6.07, 6.45) is -6.19. The van der Waals surface area contributed by atoms with Crippen LogP contribution in [0.1, 0.15) is 104 Å². The number of ketones is 3. The predicted molar refractivity (Wildman–Crippen MR) is 212 cm³/mol. The number of Topliss-reactive ketones (excluding diaryl/α,β-unsaturated/α-hetero) is 1. The molecule has 5 saturated carbocycles. The number of epoxide rings is 2. The molecule has 15 nitrogen and oxygen atoms in total. The first-order valence-corrected chi connectivity index (χ1v) is 22.0. The van der Waals surface area contributed by atoms with Crippen LogP contribution in [-0.2, 0) is 47.6 Å². The number of esters is 4. The van der Waals surface area contributed by atoms with Crippen molar-refractivity contribution >= 4 is 41.2 Å². The Labute approximate surface area is 362 Å². The van der Waals surface area contributed by atoms with Crippen LogP contribution in [0.3, 0.4) is 0 Å². The number of fused-ring (bicyclic) bond motifs is 11. The van der Waals surface area contributed by atoms with Gasteiger partial charge in [0.15, 0.2) is 23.0 Å². The Bertz CT molecular complexity index is 2510. The lowest BCUT2D eigenvalue weighted by molar-refractivity contribution is -0.252. The molecular formula is C48H50O15. The number of carbonyl (C=O) groups is 7. The van der Waals surface area contributed by atoms with Crippen molar-refractivity contribution < 1.29 is 72.2 Å². The van der Waals surface area contributed by atoms with Crippen molar-refractivity contribution in [3.05, 3.63) is 70.3 Å². The average Bonchev–Trinajstić information content (AvgIpc) is 4.14. The van der Waals surface area contributed by atoms with Crippen molar-refractivity contribution in [1.82, 2.24) is 0 Å². The normalized spacial score (nSPS) is 48.9. The van der Waals surface area contributed by atoms with E-state index in [0.29, 0.717) is 0 Å². The molecule has 2 aromatic carbocycles. The van der Waals surface area contributed by atoms with Crippen LogP contribution >= 0.6 is 0 Å². The van der Waals surface area contributed by atoms with Gasteiger partial charge in [0.25, 0.3) is 0 Å². The first kappa shape index (κ1) is 40.9. The third-order valence-corrected chi connectivity index (χ3v) is 18.2. The van der Waals surface area contributed by atoms with Crippen LogP contribution in [0.25, 0.3) is 0 Å². The fourth-order valence-electron chi connectivity index (χ4n) is 15.7. The number of aliphatic hydroxyl groups is 2. The zero-order valence-electron chi connectivity index (χ0n) is 36.1. The van der Waals surface area contributed by atoms with Crippen molar-refractivity contribution in [3.8, 4) is 0 Å². The molecule has 0 radical (unpaired) electrons. The van der Waals surface area contributed by atoms with Gasteiger partial charge in [-0.3, -0.25) is 24.0 Å². The molecule has 1 spiro atoms. The second kappa shape index (κ2) is 12.5. The third-order valence-electron chi connectivity index (χ3n) is 18.2. The van der Waals surface area contributed by atoms with Crippen LogP contribution in [0.5, 0.6) is 0 Å². The van der Waals surface area contributed by atoms with Crippen LogP contribution in [0.15, 0.2) is 42.5 Å². The van der Waals surface area contributed by atoms with Gasteiger partial charge in [-0.15, -0.1) is 0 Å². The minimum atomic E-state index is -2.21. The Morgan fingerprint density at radius 1 is 0.746 bits per heavy atom. The smallest absolute Gasteiger partial charge is 0.341 e. The number of benzene rings is 2. The maximum absolute atomic E-state index is 15.0. The van der Waals surface area contributed by atoms with E-state index in [1.807, 2.05) is 27.7 Å². The first-order chi connectivity index (χ1) is 29.6. The lowest BCUT2D eigenvalue weighted by Crippen LogP contribution is -2.72. The Balaban J connectivity index is 1.11. The molecular weight excluding hydrogens is 817 g/mol. The average molecular weight is 867 g/mol. The number of hydrogen-bond acceptors (Lipinski definition) is 15. The molecule has 2 N–H and O–H groups in total. The van der Waals surface area contributed by atoms with Crippen molar-refractivity contribution in [3.63, 3.8) is 0 Å². The standard InChI is InChI=1S/C48H50O15/c1-17-29-28(36(54)35(53)26-16-27-37(60-27)41(44(26,29)5)59-20(4)50)31-38(61-42(55)21-13-14-24-25(15-21)34(52)23-12-10-9-11-22(23)33(24)51)32-30(45(31,6)39(17)58-19(3)49)18(2)40-48(62-40)46(32,7)47(8,57)43(56)63-48/h9-15,17-18,26-32,36-41,54,57H,16H2,1-8H3/t17-,18-,26+,27-,28+,29-,30-,31+,32-,36+,37-,38+,39-,40+,41-,44-,45+,46-,47+,48-/m0/s1. The second-order valence-corrected chi connectivity index (χ2v) is 20.7. The summed E-state index contributed by atoms with van der Waals surface area (Å²) in [4.78, 5) is 97.4. The highest BCUT2D eigenvalue weighted by Gasteiger charge is 2.93. The lowest BCUT2D eigenvalue weighted by Gasteiger charge is -2.65. The molecule has 20 atom stereocenters. The maximum Gasteiger partial charge on any atom is 0.341 e. The molecule has 15 heteroatoms. The van der Waals surface area contributed by atoms with Gasteiger partial charge >= 0.3 is 23.9 Å². The minimum Gasteiger partial charge on any atom is -0.462 e. The van der Waals surface area contributed by atoms with Crippen LogP contribution in [0.4, 0.5) is 0 Å². The summed E-state index contributed by atoms with van der Waals surface area (Å²) in [5.74, 6) is -12.3. The summed E-state index contributed by atoms with van der Waals surface area (Å²) in [7, 11) is 0. The van der Waals surface area contributed by atoms with Gasteiger partial charge in [0.1, 0.15) is 36.6 Å². The number of carbonyl (C=O) groups excluding carboxylic acids is 7. The van der Waals surface area contributed by atoms with Crippen LogP contribution in [-0.4, -0.2) is 106 Å². The van der Waals surface area contributed by atoms with Gasteiger partial charge in [-0.2, -0.15) is 0 Å². The lowest BCUT2D eigenvalue weighted by atomic mass is 9.39. The topological polar surface area (TPSA) is 222 Å². The highest BCUT2D eigenvalue weighted by molar-refractivity contribution is 6.28. The van der Waals surface area contributed by atoms with Crippen molar-refractivity contribution in [2.75, 3.05) is 0 Å².